The molecule has 2 amide bonds. The molecule has 0 atom stereocenters. The molecule has 0 saturated heterocycles. The van der Waals surface area contributed by atoms with Crippen molar-refractivity contribution in [3.8, 4) is 0 Å². The first-order valence-electron chi connectivity index (χ1n) is 9.89. The van der Waals surface area contributed by atoms with Crippen LogP contribution in [0, 0.1) is 13.8 Å². The fourth-order valence-corrected chi connectivity index (χ4v) is 3.27. The van der Waals surface area contributed by atoms with Gasteiger partial charge in [0.05, 0.1) is 5.56 Å². The number of hydrogen-bond acceptors (Lipinski definition) is 4. The third-order valence-electron chi connectivity index (χ3n) is 4.97. The number of aryl methyl sites for hydroxylation is 1. The van der Waals surface area contributed by atoms with Crippen molar-refractivity contribution in [3.05, 3.63) is 88.7 Å². The van der Waals surface area contributed by atoms with Gasteiger partial charge in [0.1, 0.15) is 0 Å². The van der Waals surface area contributed by atoms with Gasteiger partial charge in [-0.3, -0.25) is 9.59 Å². The number of carbonyl (C=O) groups excluding carboxylic acids is 3. The molecule has 0 fully saturated rings. The van der Waals surface area contributed by atoms with Crippen LogP contribution in [0.1, 0.15) is 37.7 Å². The van der Waals surface area contributed by atoms with Crippen LogP contribution in [0.3, 0.4) is 0 Å². The molecule has 7 nitrogen and oxygen atoms in total. The molecule has 1 heterocycles. The van der Waals surface area contributed by atoms with Crippen molar-refractivity contribution in [2.45, 2.75) is 20.4 Å². The van der Waals surface area contributed by atoms with Gasteiger partial charge >= 0.3 is 5.97 Å². The van der Waals surface area contributed by atoms with Crippen LogP contribution in [-0.4, -0.2) is 36.0 Å². The van der Waals surface area contributed by atoms with Crippen LogP contribution < -0.4 is 10.6 Å². The van der Waals surface area contributed by atoms with E-state index in [1.807, 2.05) is 48.7 Å². The SMILES string of the molecule is CNC(=O)c1ccc(NC(=O)COC(=O)c2cc(C)n(Cc3ccccc3)c2C)cc1. The molecule has 0 aliphatic rings. The summed E-state index contributed by atoms with van der Waals surface area (Å²) in [5.74, 6) is -1.21. The molecule has 0 unspecified atom stereocenters. The van der Waals surface area contributed by atoms with Gasteiger partial charge < -0.3 is 19.9 Å². The van der Waals surface area contributed by atoms with Crippen LogP contribution in [0.2, 0.25) is 0 Å². The second-order valence-electron chi connectivity index (χ2n) is 7.14. The van der Waals surface area contributed by atoms with Gasteiger partial charge in [0.2, 0.25) is 0 Å². The van der Waals surface area contributed by atoms with Crippen molar-refractivity contribution in [2.24, 2.45) is 0 Å². The largest absolute Gasteiger partial charge is 0.452 e. The zero-order chi connectivity index (χ0) is 22.4. The van der Waals surface area contributed by atoms with Gasteiger partial charge in [-0.05, 0) is 49.7 Å². The maximum atomic E-state index is 12.5. The summed E-state index contributed by atoms with van der Waals surface area (Å²) in [7, 11) is 1.55. The average Bonchev–Trinajstić information content (AvgIpc) is 3.06. The van der Waals surface area contributed by atoms with Gasteiger partial charge in [-0.25, -0.2) is 4.79 Å². The summed E-state index contributed by atoms with van der Waals surface area (Å²) in [6.45, 7) is 4.04. The quantitative estimate of drug-likeness (QED) is 0.575. The summed E-state index contributed by atoms with van der Waals surface area (Å²) in [4.78, 5) is 36.2. The van der Waals surface area contributed by atoms with Crippen LogP contribution in [-0.2, 0) is 16.1 Å². The highest BCUT2D eigenvalue weighted by atomic mass is 16.5. The van der Waals surface area contributed by atoms with Gasteiger partial charge in [0, 0.05) is 36.2 Å². The van der Waals surface area contributed by atoms with E-state index in [0.29, 0.717) is 23.4 Å². The van der Waals surface area contributed by atoms with E-state index in [2.05, 4.69) is 10.6 Å². The molecule has 0 bridgehead atoms. The highest BCUT2D eigenvalue weighted by Gasteiger charge is 2.18. The molecule has 160 valence electrons. The Hall–Kier alpha value is -3.87. The predicted octanol–water partition coefficient (Wildman–Crippen LogP) is 3.31. The number of aromatic nitrogens is 1. The molecule has 2 N–H and O–H groups in total. The first kappa shape index (κ1) is 21.8. The van der Waals surface area contributed by atoms with Crippen molar-refractivity contribution in [1.82, 2.24) is 9.88 Å². The molecule has 0 spiro atoms. The molecule has 0 aliphatic heterocycles. The van der Waals surface area contributed by atoms with Crippen LogP contribution in [0.4, 0.5) is 5.69 Å². The van der Waals surface area contributed by atoms with Crippen molar-refractivity contribution >= 4 is 23.5 Å². The van der Waals surface area contributed by atoms with Crippen LogP contribution in [0.15, 0.2) is 60.7 Å². The Labute approximate surface area is 181 Å². The fraction of sp³-hybridized carbons (Fsp3) is 0.208. The minimum absolute atomic E-state index is 0.211. The van der Waals surface area contributed by atoms with E-state index < -0.39 is 18.5 Å². The number of anilines is 1. The molecule has 3 aromatic rings. The normalized spacial score (nSPS) is 10.4. The third-order valence-corrected chi connectivity index (χ3v) is 4.97. The van der Waals surface area contributed by atoms with E-state index in [4.69, 9.17) is 4.74 Å². The first-order valence-corrected chi connectivity index (χ1v) is 9.89. The van der Waals surface area contributed by atoms with Crippen molar-refractivity contribution in [2.75, 3.05) is 19.0 Å². The topological polar surface area (TPSA) is 89.4 Å². The highest BCUT2D eigenvalue weighted by molar-refractivity contribution is 5.97. The number of carbonyl (C=O) groups is 3. The van der Waals surface area contributed by atoms with E-state index in [0.717, 1.165) is 17.0 Å². The molecule has 31 heavy (non-hydrogen) atoms. The van der Waals surface area contributed by atoms with E-state index >= 15 is 0 Å². The Balaban J connectivity index is 1.58. The Morgan fingerprint density at radius 3 is 2.29 bits per heavy atom. The van der Waals surface area contributed by atoms with Crippen molar-refractivity contribution in [3.63, 3.8) is 0 Å². The Bertz CT molecular complexity index is 1090. The minimum atomic E-state index is -0.544. The summed E-state index contributed by atoms with van der Waals surface area (Å²) >= 11 is 0. The maximum absolute atomic E-state index is 12.5. The monoisotopic (exact) mass is 419 g/mol. The molecule has 2 aromatic carbocycles. The lowest BCUT2D eigenvalue weighted by molar-refractivity contribution is -0.119. The minimum Gasteiger partial charge on any atom is -0.452 e. The molecule has 0 radical (unpaired) electrons. The lowest BCUT2D eigenvalue weighted by atomic mass is 10.2. The Morgan fingerprint density at radius 2 is 1.65 bits per heavy atom. The third kappa shape index (κ3) is 5.39. The molecule has 7 heteroatoms. The number of nitrogens with zero attached hydrogens (tertiary/aromatic N) is 1. The second kappa shape index (κ2) is 9.75. The van der Waals surface area contributed by atoms with E-state index in [1.165, 1.54) is 0 Å². The van der Waals surface area contributed by atoms with Gasteiger partial charge in [-0.2, -0.15) is 0 Å². The second-order valence-corrected chi connectivity index (χ2v) is 7.14. The van der Waals surface area contributed by atoms with Crippen LogP contribution in [0.5, 0.6) is 0 Å². The summed E-state index contributed by atoms with van der Waals surface area (Å²) in [6.07, 6.45) is 0. The first-order chi connectivity index (χ1) is 14.9. The van der Waals surface area contributed by atoms with Crippen LogP contribution in [0.25, 0.3) is 0 Å². The molecular weight excluding hydrogens is 394 g/mol. The molecule has 0 saturated carbocycles. The lowest BCUT2D eigenvalue weighted by Crippen LogP contribution is -2.21. The zero-order valence-corrected chi connectivity index (χ0v) is 17.8. The Morgan fingerprint density at radius 1 is 0.968 bits per heavy atom. The lowest BCUT2D eigenvalue weighted by Gasteiger charge is -2.10. The number of amides is 2. The zero-order valence-electron chi connectivity index (χ0n) is 17.8. The number of ether oxygens (including phenoxy) is 1. The highest BCUT2D eigenvalue weighted by Crippen LogP contribution is 2.18. The number of hydrogen-bond donors (Lipinski definition) is 2. The number of rotatable bonds is 7. The van der Waals surface area contributed by atoms with Gasteiger partial charge in [0.25, 0.3) is 11.8 Å². The predicted molar refractivity (Wildman–Crippen MR) is 118 cm³/mol. The fourth-order valence-electron chi connectivity index (χ4n) is 3.27. The van der Waals surface area contributed by atoms with Crippen molar-refractivity contribution in [1.29, 1.82) is 0 Å². The van der Waals surface area contributed by atoms with Gasteiger partial charge in [-0.15, -0.1) is 0 Å². The molecule has 1 aromatic heterocycles. The smallest absolute Gasteiger partial charge is 0.340 e. The van der Waals surface area contributed by atoms with E-state index in [1.54, 1.807) is 37.4 Å². The molecule has 3 rings (SSSR count). The van der Waals surface area contributed by atoms with Gasteiger partial charge in [-0.1, -0.05) is 30.3 Å². The van der Waals surface area contributed by atoms with Crippen LogP contribution >= 0.6 is 0 Å². The Kier molecular flexibility index (Phi) is 6.87. The van der Waals surface area contributed by atoms with E-state index in [-0.39, 0.29) is 5.91 Å². The molecule has 0 aliphatic carbocycles. The maximum Gasteiger partial charge on any atom is 0.340 e. The molecular formula is C24H25N3O4. The number of nitrogens with one attached hydrogen (secondary N) is 2. The summed E-state index contributed by atoms with van der Waals surface area (Å²) < 4.78 is 7.25. The van der Waals surface area contributed by atoms with Gasteiger partial charge in [0.15, 0.2) is 6.61 Å². The van der Waals surface area contributed by atoms with E-state index in [9.17, 15) is 14.4 Å². The average molecular weight is 419 g/mol. The number of benzene rings is 2. The summed E-state index contributed by atoms with van der Waals surface area (Å²) in [5.41, 5.74) is 4.29. The number of esters is 1. The summed E-state index contributed by atoms with van der Waals surface area (Å²) in [6, 6.07) is 18.2. The standard InChI is InChI=1S/C24H25N3O4/c1-16-13-21(17(2)27(16)14-18-7-5-4-6-8-18)24(30)31-15-22(28)26-20-11-9-19(10-12-20)23(29)25-3/h4-13H,14-15H2,1-3H3,(H,25,29)(H,26,28). The van der Waals surface area contributed by atoms with Crippen molar-refractivity contribution < 1.29 is 19.1 Å². The summed E-state index contributed by atoms with van der Waals surface area (Å²) in [5, 5.41) is 5.17.